The minimum absolute atomic E-state index is 0.0552. The third-order valence-corrected chi connectivity index (χ3v) is 5.10. The van der Waals surface area contributed by atoms with Crippen molar-refractivity contribution in [1.82, 2.24) is 9.78 Å². The van der Waals surface area contributed by atoms with Crippen LogP contribution in [0.4, 0.5) is 13.2 Å². The van der Waals surface area contributed by atoms with Gasteiger partial charge in [-0.25, -0.2) is 18.2 Å². The topological polar surface area (TPSA) is 78.0 Å². The maximum atomic E-state index is 13.4. The second-order valence-electron chi connectivity index (χ2n) is 5.78. The van der Waals surface area contributed by atoms with Crippen molar-refractivity contribution in [3.8, 4) is 16.9 Å². The number of sulfonamides is 1. The molecule has 5 nitrogen and oxygen atoms in total. The largest absolute Gasteiger partial charge is 0.435 e. The van der Waals surface area contributed by atoms with Gasteiger partial charge in [0.25, 0.3) is 0 Å². The van der Waals surface area contributed by atoms with Crippen molar-refractivity contribution in [3.63, 3.8) is 0 Å². The Kier molecular flexibility index (Phi) is 4.79. The molecular formula is C17H13ClF3N3O2S. The molecule has 0 amide bonds. The van der Waals surface area contributed by atoms with Crippen LogP contribution >= 0.6 is 11.6 Å². The quantitative estimate of drug-likeness (QED) is 0.697. The second-order valence-corrected chi connectivity index (χ2v) is 7.78. The number of aromatic nitrogens is 2. The first-order chi connectivity index (χ1) is 12.5. The normalized spacial score (nSPS) is 12.4. The molecule has 27 heavy (non-hydrogen) atoms. The summed E-state index contributed by atoms with van der Waals surface area (Å²) in [5.74, 6) is 0. The average Bonchev–Trinajstić information content (AvgIpc) is 2.92. The fourth-order valence-electron chi connectivity index (χ4n) is 2.68. The number of primary sulfonamides is 1. The molecule has 0 spiro atoms. The Morgan fingerprint density at radius 3 is 2.07 bits per heavy atom. The Balaban J connectivity index is 2.24. The lowest BCUT2D eigenvalue weighted by Crippen LogP contribution is -2.12. The molecule has 2 aromatic carbocycles. The van der Waals surface area contributed by atoms with Crippen LogP contribution in [0.2, 0.25) is 5.02 Å². The number of alkyl halides is 3. The molecule has 0 saturated carbocycles. The zero-order valence-corrected chi connectivity index (χ0v) is 15.4. The minimum atomic E-state index is -4.64. The van der Waals surface area contributed by atoms with Crippen LogP contribution in [-0.4, -0.2) is 18.2 Å². The Morgan fingerprint density at radius 2 is 1.59 bits per heavy atom. The number of hydrogen-bond donors (Lipinski definition) is 1. The molecule has 0 aliphatic heterocycles. The fourth-order valence-corrected chi connectivity index (χ4v) is 3.32. The van der Waals surface area contributed by atoms with E-state index in [0.29, 0.717) is 10.6 Å². The third-order valence-electron chi connectivity index (χ3n) is 3.92. The Bertz CT molecular complexity index is 1090. The molecule has 2 N–H and O–H groups in total. The summed E-state index contributed by atoms with van der Waals surface area (Å²) in [6.45, 7) is 1.33. The van der Waals surface area contributed by atoms with Crippen LogP contribution in [0.5, 0.6) is 0 Å². The average molecular weight is 416 g/mol. The molecular weight excluding hydrogens is 403 g/mol. The molecule has 1 aromatic heterocycles. The van der Waals surface area contributed by atoms with Crippen molar-refractivity contribution in [2.75, 3.05) is 0 Å². The lowest BCUT2D eigenvalue weighted by atomic mass is 10.1. The number of benzene rings is 2. The molecule has 3 rings (SSSR count). The van der Waals surface area contributed by atoms with Crippen LogP contribution in [0.25, 0.3) is 16.9 Å². The summed E-state index contributed by atoms with van der Waals surface area (Å²) in [6.07, 6.45) is -4.64. The number of hydrogen-bond acceptors (Lipinski definition) is 3. The highest BCUT2D eigenvalue weighted by Crippen LogP contribution is 2.37. The molecule has 0 saturated heterocycles. The summed E-state index contributed by atoms with van der Waals surface area (Å²) in [6, 6.07) is 11.4. The fraction of sp³-hybridized carbons (Fsp3) is 0.118. The van der Waals surface area contributed by atoms with Crippen LogP contribution in [0.3, 0.4) is 0 Å². The van der Waals surface area contributed by atoms with Gasteiger partial charge in [-0.3, -0.25) is 0 Å². The second kappa shape index (κ2) is 6.66. The van der Waals surface area contributed by atoms with Crippen molar-refractivity contribution in [1.29, 1.82) is 0 Å². The third kappa shape index (κ3) is 3.85. The van der Waals surface area contributed by atoms with Crippen LogP contribution in [0.15, 0.2) is 53.4 Å². The van der Waals surface area contributed by atoms with E-state index in [9.17, 15) is 21.6 Å². The van der Waals surface area contributed by atoms with Crippen molar-refractivity contribution in [2.24, 2.45) is 5.14 Å². The molecule has 0 aliphatic rings. The van der Waals surface area contributed by atoms with Gasteiger partial charge in [0.2, 0.25) is 10.0 Å². The SMILES string of the molecule is Cc1c(C(F)(F)F)nn(-c2ccc(S(N)(=O)=O)cc2)c1-c1ccc(Cl)cc1. The monoisotopic (exact) mass is 415 g/mol. The van der Waals surface area contributed by atoms with Crippen molar-refractivity contribution >= 4 is 21.6 Å². The standard InChI is InChI=1S/C17H13ClF3N3O2S/c1-10-15(11-2-4-12(18)5-3-11)24(23-16(10)17(19,20)21)13-6-8-14(9-7-13)27(22,25)26/h2-9H,1H3,(H2,22,25,26). The Hall–Kier alpha value is -2.36. The Labute approximate surface area is 158 Å². The lowest BCUT2D eigenvalue weighted by molar-refractivity contribution is -0.141. The predicted octanol–water partition coefficient (Wildman–Crippen LogP) is 4.17. The van der Waals surface area contributed by atoms with Crippen molar-refractivity contribution < 1.29 is 21.6 Å². The van der Waals surface area contributed by atoms with E-state index in [1.54, 1.807) is 24.3 Å². The van der Waals surface area contributed by atoms with Crippen LogP contribution < -0.4 is 5.14 Å². The molecule has 10 heteroatoms. The van der Waals surface area contributed by atoms with E-state index in [1.807, 2.05) is 0 Å². The van der Waals surface area contributed by atoms with Gasteiger partial charge < -0.3 is 0 Å². The van der Waals surface area contributed by atoms with E-state index in [4.69, 9.17) is 16.7 Å². The first kappa shape index (κ1) is 19.4. The van der Waals surface area contributed by atoms with Gasteiger partial charge in [0.05, 0.1) is 16.3 Å². The molecule has 142 valence electrons. The number of nitrogens with two attached hydrogens (primary N) is 1. The summed E-state index contributed by atoms with van der Waals surface area (Å²) in [7, 11) is -3.92. The van der Waals surface area contributed by atoms with Gasteiger partial charge in [0.1, 0.15) is 0 Å². The summed E-state index contributed by atoms with van der Waals surface area (Å²) >= 11 is 5.86. The van der Waals surface area contributed by atoms with E-state index < -0.39 is 21.9 Å². The molecule has 0 radical (unpaired) electrons. The first-order valence-electron chi connectivity index (χ1n) is 7.54. The molecule has 0 aliphatic carbocycles. The van der Waals surface area contributed by atoms with Crippen molar-refractivity contribution in [2.45, 2.75) is 18.0 Å². The van der Waals surface area contributed by atoms with Crippen LogP contribution in [0.1, 0.15) is 11.3 Å². The predicted molar refractivity (Wildman–Crippen MR) is 95.1 cm³/mol. The smallest absolute Gasteiger partial charge is 0.232 e. The van der Waals surface area contributed by atoms with Gasteiger partial charge in [-0.1, -0.05) is 23.7 Å². The molecule has 0 unspecified atom stereocenters. The Morgan fingerprint density at radius 1 is 1.04 bits per heavy atom. The zero-order chi connectivity index (χ0) is 20.0. The maximum Gasteiger partial charge on any atom is 0.435 e. The molecule has 1 heterocycles. The van der Waals surface area contributed by atoms with E-state index in [0.717, 1.165) is 4.68 Å². The van der Waals surface area contributed by atoms with Gasteiger partial charge >= 0.3 is 6.18 Å². The molecule has 3 aromatic rings. The number of nitrogens with zero attached hydrogens (tertiary/aromatic N) is 2. The van der Waals surface area contributed by atoms with Gasteiger partial charge in [-0.05, 0) is 43.3 Å². The molecule has 0 fully saturated rings. The van der Waals surface area contributed by atoms with E-state index in [-0.39, 0.29) is 21.8 Å². The van der Waals surface area contributed by atoms with Gasteiger partial charge in [0.15, 0.2) is 5.69 Å². The molecule has 0 atom stereocenters. The maximum absolute atomic E-state index is 13.4. The summed E-state index contributed by atoms with van der Waals surface area (Å²) in [5.41, 5.74) is -0.118. The van der Waals surface area contributed by atoms with Gasteiger partial charge in [-0.2, -0.15) is 18.3 Å². The van der Waals surface area contributed by atoms with E-state index in [2.05, 4.69) is 5.10 Å². The highest BCUT2D eigenvalue weighted by molar-refractivity contribution is 7.89. The lowest BCUT2D eigenvalue weighted by Gasteiger charge is -2.09. The van der Waals surface area contributed by atoms with E-state index >= 15 is 0 Å². The van der Waals surface area contributed by atoms with E-state index in [1.165, 1.54) is 31.2 Å². The highest BCUT2D eigenvalue weighted by Gasteiger charge is 2.38. The summed E-state index contributed by atoms with van der Waals surface area (Å²) < 4.78 is 64.0. The van der Waals surface area contributed by atoms with Gasteiger partial charge in [0, 0.05) is 16.1 Å². The van der Waals surface area contributed by atoms with Crippen molar-refractivity contribution in [3.05, 3.63) is 64.8 Å². The zero-order valence-electron chi connectivity index (χ0n) is 13.8. The summed E-state index contributed by atoms with van der Waals surface area (Å²) in [5, 5.41) is 9.22. The number of halogens is 4. The van der Waals surface area contributed by atoms with Gasteiger partial charge in [-0.15, -0.1) is 0 Å². The minimum Gasteiger partial charge on any atom is -0.232 e. The van der Waals surface area contributed by atoms with Crippen LogP contribution in [0, 0.1) is 6.92 Å². The highest BCUT2D eigenvalue weighted by atomic mass is 35.5. The molecule has 0 bridgehead atoms. The number of rotatable bonds is 3. The summed E-state index contributed by atoms with van der Waals surface area (Å²) in [4.78, 5) is -0.154. The first-order valence-corrected chi connectivity index (χ1v) is 9.47. The van der Waals surface area contributed by atoms with Crippen LogP contribution in [-0.2, 0) is 16.2 Å².